The smallest absolute Gasteiger partial charge is 0.267 e. The van der Waals surface area contributed by atoms with Gasteiger partial charge in [-0.3, -0.25) is 9.59 Å². The molecular weight excluding hydrogens is 352 g/mol. The molecule has 26 heavy (non-hydrogen) atoms. The maximum Gasteiger partial charge on any atom is 0.267 e. The van der Waals surface area contributed by atoms with Crippen molar-refractivity contribution in [3.63, 3.8) is 0 Å². The Bertz CT molecular complexity index is 1420. The van der Waals surface area contributed by atoms with Crippen LogP contribution in [0.3, 0.4) is 0 Å². The first-order chi connectivity index (χ1) is 16.0. The van der Waals surface area contributed by atoms with Crippen molar-refractivity contribution in [3.05, 3.63) is 68.9 Å². The normalized spacial score (nSPS) is 17.0. The molecule has 0 saturated heterocycles. The lowest BCUT2D eigenvalue weighted by atomic mass is 10.1. The molecule has 1 N–H and O–H groups in total. The first kappa shape index (κ1) is 9.78. The summed E-state index contributed by atoms with van der Waals surface area (Å²) in [6, 6.07) is 1.24. The van der Waals surface area contributed by atoms with Crippen LogP contribution in [0.15, 0.2) is 47.2 Å². The van der Waals surface area contributed by atoms with Crippen LogP contribution < -0.4 is 10.5 Å². The number of anilines is 1. The molecule has 0 fully saturated rings. The predicted molar refractivity (Wildman–Crippen MR) is 104 cm³/mol. The summed E-state index contributed by atoms with van der Waals surface area (Å²) in [5, 5.41) is 10.7. The lowest BCUT2D eigenvalue weighted by Gasteiger charge is -2.22. The van der Waals surface area contributed by atoms with Crippen molar-refractivity contribution in [2.75, 3.05) is 11.4 Å². The highest BCUT2D eigenvalue weighted by Gasteiger charge is 2.26. The van der Waals surface area contributed by atoms with Crippen molar-refractivity contribution in [3.8, 4) is 5.75 Å². The molecule has 1 heterocycles. The van der Waals surface area contributed by atoms with Crippen LogP contribution >= 0.6 is 11.6 Å². The van der Waals surface area contributed by atoms with Gasteiger partial charge in [0.2, 0.25) is 0 Å². The average molecular weight is 380 g/mol. The molecule has 0 spiro atoms. The van der Waals surface area contributed by atoms with Crippen molar-refractivity contribution in [1.29, 1.82) is 0 Å². The van der Waals surface area contributed by atoms with E-state index >= 15 is 0 Å². The van der Waals surface area contributed by atoms with Gasteiger partial charge in [-0.1, -0.05) is 29.8 Å². The molecule has 0 bridgehead atoms. The molecule has 134 valence electrons. The van der Waals surface area contributed by atoms with E-state index in [1.165, 1.54) is 32.2 Å². The van der Waals surface area contributed by atoms with Crippen LogP contribution in [0.2, 0.25) is 5.02 Å². The topological polar surface area (TPSA) is 62.5 Å². The number of carbonyl (C=O) groups excluding carboxylic acids is 1. The zero-order valence-electron chi connectivity index (χ0n) is 22.8. The van der Waals surface area contributed by atoms with Crippen molar-refractivity contribution in [2.24, 2.45) is 7.05 Å². The minimum atomic E-state index is -3.61. The summed E-state index contributed by atoms with van der Waals surface area (Å²) in [6.45, 7) is -5.94. The number of rotatable bonds is 3. The first-order valence-electron chi connectivity index (χ1n) is 11.9. The van der Waals surface area contributed by atoms with Gasteiger partial charge in [-0.25, -0.2) is 0 Å². The maximum absolute atomic E-state index is 13.7. The van der Waals surface area contributed by atoms with Gasteiger partial charge >= 0.3 is 0 Å². The summed E-state index contributed by atoms with van der Waals surface area (Å²) in [7, 11) is 1.26. The van der Waals surface area contributed by atoms with E-state index in [-0.39, 0.29) is 26.4 Å². The van der Waals surface area contributed by atoms with E-state index in [0.717, 1.165) is 4.57 Å². The number of fused-ring (bicyclic) bond motifs is 1. The Morgan fingerprint density at radius 3 is 2.96 bits per heavy atom. The summed E-state index contributed by atoms with van der Waals surface area (Å²) in [5.74, 6) is -2.60. The van der Waals surface area contributed by atoms with Gasteiger partial charge in [-0.15, -0.1) is 0 Å². The molecule has 0 aliphatic heterocycles. The number of hydrogen-bond acceptors (Lipinski definition) is 3. The fraction of sp³-hybridized carbons (Fsp3) is 0.200. The molecule has 0 radical (unpaired) electrons. The van der Waals surface area contributed by atoms with Gasteiger partial charge in [0.05, 0.1) is 21.4 Å². The van der Waals surface area contributed by atoms with E-state index in [1.807, 2.05) is 0 Å². The molecule has 1 aromatic heterocycles. The summed E-state index contributed by atoms with van der Waals surface area (Å²) in [6.07, 6.45) is 0. The number of halogens is 1. The first-order valence-corrected chi connectivity index (χ1v) is 7.76. The van der Waals surface area contributed by atoms with Gasteiger partial charge in [0.25, 0.3) is 11.5 Å². The molecule has 0 atom stereocenters. The average Bonchev–Trinajstić information content (AvgIpc) is 2.76. The molecule has 3 aromatic rings. The Labute approximate surface area is 168 Å². The van der Waals surface area contributed by atoms with E-state index in [2.05, 4.69) is 0 Å². The number of aromatic hydroxyl groups is 1. The molecule has 1 amide bonds. The van der Waals surface area contributed by atoms with Crippen LogP contribution in [-0.4, -0.2) is 22.1 Å². The van der Waals surface area contributed by atoms with E-state index < -0.39 is 66.0 Å². The molecule has 3 rings (SSSR count). The second-order valence-corrected chi connectivity index (χ2v) is 5.85. The minimum absolute atomic E-state index is 0.0553. The molecule has 0 saturated carbocycles. The molecule has 5 nitrogen and oxygen atoms in total. The summed E-state index contributed by atoms with van der Waals surface area (Å²) in [4.78, 5) is 26.8. The number of pyridine rings is 1. The summed E-state index contributed by atoms with van der Waals surface area (Å²) < 4.78 is 72.9. The van der Waals surface area contributed by atoms with Crippen LogP contribution in [-0.2, 0) is 7.05 Å². The zero-order chi connectivity index (χ0) is 26.8. The lowest BCUT2D eigenvalue weighted by molar-refractivity contribution is 0.0984. The van der Waals surface area contributed by atoms with Crippen molar-refractivity contribution < 1.29 is 22.2 Å². The van der Waals surface area contributed by atoms with Crippen LogP contribution in [0.25, 0.3) is 10.9 Å². The van der Waals surface area contributed by atoms with Crippen LogP contribution in [0.4, 0.5) is 5.69 Å². The molecular formula is C20H19ClN2O3. The van der Waals surface area contributed by atoms with Gasteiger partial charge < -0.3 is 14.6 Å². The highest BCUT2D eigenvalue weighted by Crippen LogP contribution is 2.33. The van der Waals surface area contributed by atoms with E-state index in [1.54, 1.807) is 0 Å². The molecule has 0 aliphatic rings. The number of amides is 1. The molecule has 6 heteroatoms. The monoisotopic (exact) mass is 379 g/mol. The fourth-order valence-corrected chi connectivity index (χ4v) is 2.84. The van der Waals surface area contributed by atoms with Gasteiger partial charge in [-0.05, 0) is 43.6 Å². The Balaban J connectivity index is 2.51. The Morgan fingerprint density at radius 2 is 2.23 bits per heavy atom. The summed E-state index contributed by atoms with van der Waals surface area (Å²) in [5.41, 5.74) is -3.19. The standard InChI is InChI=1S/C20H19ClN2O3/c1-4-23(13-8-5-7-12(2)11-13)20(26)17-18(24)16-14(21)9-6-10-15(16)22(3)19(17)25/h5-11,24H,4H2,1-3H3/i1D3,4D2,5D,7D,8D,11D. The number of benzene rings is 2. The van der Waals surface area contributed by atoms with Gasteiger partial charge in [0.1, 0.15) is 11.3 Å². The van der Waals surface area contributed by atoms with Crippen LogP contribution in [0.1, 0.15) is 35.1 Å². The van der Waals surface area contributed by atoms with Gasteiger partial charge in [0, 0.05) is 26.1 Å². The number of carbonyl (C=O) groups is 1. The Hall–Kier alpha value is -2.79. The van der Waals surface area contributed by atoms with Crippen LogP contribution in [0, 0.1) is 6.92 Å². The van der Waals surface area contributed by atoms with E-state index in [9.17, 15) is 14.7 Å². The maximum atomic E-state index is 13.7. The Morgan fingerprint density at radius 1 is 1.46 bits per heavy atom. The summed E-state index contributed by atoms with van der Waals surface area (Å²) >= 11 is 6.16. The third-order valence-electron chi connectivity index (χ3n) is 3.83. The second-order valence-electron chi connectivity index (χ2n) is 5.45. The van der Waals surface area contributed by atoms with Crippen molar-refractivity contribution >= 4 is 34.1 Å². The predicted octanol–water partition coefficient (Wildman–Crippen LogP) is 3.87. The quantitative estimate of drug-likeness (QED) is 0.751. The second kappa shape index (κ2) is 6.84. The largest absolute Gasteiger partial charge is 0.506 e. The SMILES string of the molecule is [2H]c1c([2H])c(C)c([2H])c(N(C(=O)c2c(O)c3c(Cl)cccc3n(C)c2=O)C([2H])([2H])C([2H])([2H])[2H])c1[2H]. The number of aromatic nitrogens is 1. The molecule has 2 aromatic carbocycles. The number of nitrogens with zero attached hydrogens (tertiary/aromatic N) is 2. The highest BCUT2D eigenvalue weighted by molar-refractivity contribution is 6.36. The Kier molecular flexibility index (Phi) is 2.57. The number of hydrogen-bond donors (Lipinski definition) is 1. The third-order valence-corrected chi connectivity index (χ3v) is 4.15. The van der Waals surface area contributed by atoms with Crippen molar-refractivity contribution in [2.45, 2.75) is 13.8 Å². The lowest BCUT2D eigenvalue weighted by Crippen LogP contribution is -2.36. The minimum Gasteiger partial charge on any atom is -0.506 e. The van der Waals surface area contributed by atoms with Gasteiger partial charge in [0.15, 0.2) is 0 Å². The van der Waals surface area contributed by atoms with Crippen molar-refractivity contribution in [1.82, 2.24) is 4.57 Å². The fourth-order valence-electron chi connectivity index (χ4n) is 2.58. The zero-order valence-corrected chi connectivity index (χ0v) is 14.5. The van der Waals surface area contributed by atoms with Crippen LogP contribution in [0.5, 0.6) is 5.75 Å². The third kappa shape index (κ3) is 2.84. The van der Waals surface area contributed by atoms with E-state index in [4.69, 9.17) is 23.9 Å². The van der Waals surface area contributed by atoms with E-state index in [0.29, 0.717) is 0 Å². The van der Waals surface area contributed by atoms with Gasteiger partial charge in [-0.2, -0.15) is 0 Å². The molecule has 0 unspecified atom stereocenters. The molecule has 0 aliphatic carbocycles. The number of aryl methyl sites for hydroxylation is 1. The highest BCUT2D eigenvalue weighted by atomic mass is 35.5.